The summed E-state index contributed by atoms with van der Waals surface area (Å²) in [6, 6.07) is 14.6. The summed E-state index contributed by atoms with van der Waals surface area (Å²) in [7, 11) is -3.57. The van der Waals surface area contributed by atoms with Crippen LogP contribution in [-0.2, 0) is 16.4 Å². The molecule has 0 spiro atoms. The lowest BCUT2D eigenvalue weighted by Gasteiger charge is -2.17. The molecule has 0 saturated carbocycles. The van der Waals surface area contributed by atoms with Gasteiger partial charge in [-0.3, -0.25) is 4.79 Å². The zero-order valence-corrected chi connectivity index (χ0v) is 24.1. The van der Waals surface area contributed by atoms with Crippen LogP contribution in [0.15, 0.2) is 59.5 Å². The van der Waals surface area contributed by atoms with Gasteiger partial charge < -0.3 is 30.2 Å². The highest BCUT2D eigenvalue weighted by molar-refractivity contribution is 7.90. The maximum atomic E-state index is 13.0. The number of hydrogen-bond donors (Lipinski definition) is 3. The first-order valence-electron chi connectivity index (χ1n) is 12.9. The molecule has 0 aliphatic carbocycles. The minimum absolute atomic E-state index is 0.0110. The standard InChI is InChI=1S/C29H35N3O7S/c1-6-37-24-14-13-22(16-23(24)28(33)31-21-11-9-19(4)10-12-21)32-29(34)30-18-20-15-26(39-8-3)27(40(5,35)36)17-25(20)38-7-2/h9-17H,6-8,18H2,1-5H3,(H,31,33)(H2,30,32,34). The molecule has 0 unspecified atom stereocenters. The SMILES string of the molecule is CCOc1cc(S(C)(=O)=O)c(OCC)cc1CNC(=O)Nc1ccc(OCC)c(C(=O)Nc2ccc(C)cc2)c1. The fourth-order valence-corrected chi connectivity index (χ4v) is 4.63. The van der Waals surface area contributed by atoms with Crippen molar-refractivity contribution < 1.29 is 32.2 Å². The molecule has 3 amide bonds. The Morgan fingerprint density at radius 3 is 1.98 bits per heavy atom. The Morgan fingerprint density at radius 2 is 1.35 bits per heavy atom. The lowest BCUT2D eigenvalue weighted by molar-refractivity contribution is 0.102. The van der Waals surface area contributed by atoms with E-state index in [-0.39, 0.29) is 35.3 Å². The van der Waals surface area contributed by atoms with E-state index in [4.69, 9.17) is 14.2 Å². The lowest BCUT2D eigenvalue weighted by atomic mass is 10.1. The number of amides is 3. The van der Waals surface area contributed by atoms with Crippen LogP contribution in [0.2, 0.25) is 0 Å². The molecule has 0 aliphatic heterocycles. The second kappa shape index (κ2) is 13.7. The van der Waals surface area contributed by atoms with Gasteiger partial charge in [0.15, 0.2) is 9.84 Å². The number of hydrogen-bond acceptors (Lipinski definition) is 7. The molecular weight excluding hydrogens is 534 g/mol. The van der Waals surface area contributed by atoms with Crippen LogP contribution in [0.3, 0.4) is 0 Å². The minimum atomic E-state index is -3.57. The Hall–Kier alpha value is -4.25. The Kier molecular flexibility index (Phi) is 10.4. The summed E-state index contributed by atoms with van der Waals surface area (Å²) in [4.78, 5) is 25.8. The molecule has 0 aliphatic rings. The van der Waals surface area contributed by atoms with Crippen LogP contribution in [0, 0.1) is 6.92 Å². The van der Waals surface area contributed by atoms with Gasteiger partial charge >= 0.3 is 6.03 Å². The lowest BCUT2D eigenvalue weighted by Crippen LogP contribution is -2.28. The zero-order chi connectivity index (χ0) is 29.3. The summed E-state index contributed by atoms with van der Waals surface area (Å²) in [5, 5.41) is 8.31. The molecule has 3 N–H and O–H groups in total. The van der Waals surface area contributed by atoms with E-state index in [0.717, 1.165) is 11.8 Å². The largest absolute Gasteiger partial charge is 0.493 e. The van der Waals surface area contributed by atoms with E-state index in [1.165, 1.54) is 12.1 Å². The Labute approximate surface area is 234 Å². The highest BCUT2D eigenvalue weighted by Gasteiger charge is 2.20. The third kappa shape index (κ3) is 8.12. The number of sulfone groups is 1. The zero-order valence-electron chi connectivity index (χ0n) is 23.3. The predicted octanol–water partition coefficient (Wildman–Crippen LogP) is 5.17. The molecule has 0 bridgehead atoms. The summed E-state index contributed by atoms with van der Waals surface area (Å²) in [5.41, 5.74) is 2.88. The number of urea groups is 1. The van der Waals surface area contributed by atoms with Crippen molar-refractivity contribution in [2.24, 2.45) is 0 Å². The highest BCUT2D eigenvalue weighted by Crippen LogP contribution is 2.33. The van der Waals surface area contributed by atoms with Crippen LogP contribution in [0.4, 0.5) is 16.2 Å². The first-order chi connectivity index (χ1) is 19.0. The second-order valence-corrected chi connectivity index (χ2v) is 10.8. The normalized spacial score (nSPS) is 10.9. The molecule has 0 heterocycles. The number of ether oxygens (including phenoxy) is 3. The molecule has 0 atom stereocenters. The monoisotopic (exact) mass is 569 g/mol. The molecule has 40 heavy (non-hydrogen) atoms. The molecule has 0 saturated heterocycles. The van der Waals surface area contributed by atoms with Crippen molar-refractivity contribution >= 4 is 33.2 Å². The van der Waals surface area contributed by atoms with Crippen LogP contribution in [0.1, 0.15) is 42.3 Å². The van der Waals surface area contributed by atoms with Gasteiger partial charge in [0.25, 0.3) is 5.91 Å². The Morgan fingerprint density at radius 1 is 0.750 bits per heavy atom. The van der Waals surface area contributed by atoms with Gasteiger partial charge in [0.05, 0.1) is 25.4 Å². The molecule has 3 aromatic carbocycles. The summed E-state index contributed by atoms with van der Waals surface area (Å²) in [6.45, 7) is 8.26. The van der Waals surface area contributed by atoms with E-state index in [2.05, 4.69) is 16.0 Å². The average molecular weight is 570 g/mol. The molecule has 3 aromatic rings. The average Bonchev–Trinajstić information content (AvgIpc) is 2.90. The molecule has 0 fully saturated rings. The van der Waals surface area contributed by atoms with Gasteiger partial charge in [-0.15, -0.1) is 0 Å². The molecular formula is C29H35N3O7S. The Bertz CT molecular complexity index is 1460. The van der Waals surface area contributed by atoms with Gasteiger partial charge in [-0.25, -0.2) is 13.2 Å². The third-order valence-corrected chi connectivity index (χ3v) is 6.77. The van der Waals surface area contributed by atoms with Crippen molar-refractivity contribution in [1.82, 2.24) is 5.32 Å². The quantitative estimate of drug-likeness (QED) is 0.274. The van der Waals surface area contributed by atoms with Gasteiger partial charge in [-0.05, 0) is 64.1 Å². The molecule has 11 heteroatoms. The molecule has 0 radical (unpaired) electrons. The fraction of sp³-hybridized carbons (Fsp3) is 0.310. The van der Waals surface area contributed by atoms with Crippen molar-refractivity contribution in [1.29, 1.82) is 0 Å². The van der Waals surface area contributed by atoms with Crippen LogP contribution in [0.5, 0.6) is 17.2 Å². The van der Waals surface area contributed by atoms with Crippen molar-refractivity contribution in [2.45, 2.75) is 39.1 Å². The van der Waals surface area contributed by atoms with E-state index in [1.807, 2.05) is 26.0 Å². The smallest absolute Gasteiger partial charge is 0.319 e. The van der Waals surface area contributed by atoms with E-state index < -0.39 is 15.9 Å². The van der Waals surface area contributed by atoms with Crippen molar-refractivity contribution in [2.75, 3.05) is 36.7 Å². The van der Waals surface area contributed by atoms with E-state index >= 15 is 0 Å². The summed E-state index contributed by atoms with van der Waals surface area (Å²) >= 11 is 0. The maximum absolute atomic E-state index is 13.0. The third-order valence-electron chi connectivity index (χ3n) is 5.66. The minimum Gasteiger partial charge on any atom is -0.493 e. The Balaban J connectivity index is 1.78. The van der Waals surface area contributed by atoms with E-state index in [9.17, 15) is 18.0 Å². The summed E-state index contributed by atoms with van der Waals surface area (Å²) in [6.07, 6.45) is 1.10. The summed E-state index contributed by atoms with van der Waals surface area (Å²) < 4.78 is 41.3. The van der Waals surface area contributed by atoms with Crippen molar-refractivity contribution in [3.05, 3.63) is 71.3 Å². The topological polar surface area (TPSA) is 132 Å². The highest BCUT2D eigenvalue weighted by atomic mass is 32.2. The molecule has 0 aromatic heterocycles. The van der Waals surface area contributed by atoms with Crippen molar-refractivity contribution in [3.8, 4) is 17.2 Å². The van der Waals surface area contributed by atoms with Gasteiger partial charge in [0.2, 0.25) is 0 Å². The molecule has 3 rings (SSSR count). The first-order valence-corrected chi connectivity index (χ1v) is 14.8. The van der Waals surface area contributed by atoms with Crippen LogP contribution < -0.4 is 30.2 Å². The molecule has 214 valence electrons. The van der Waals surface area contributed by atoms with E-state index in [1.54, 1.807) is 44.2 Å². The van der Waals surface area contributed by atoms with Crippen LogP contribution in [-0.4, -0.2) is 46.4 Å². The second-order valence-electron chi connectivity index (χ2n) is 8.82. The maximum Gasteiger partial charge on any atom is 0.319 e. The number of rotatable bonds is 12. The number of nitrogens with one attached hydrogen (secondary N) is 3. The van der Waals surface area contributed by atoms with Gasteiger partial charge in [-0.1, -0.05) is 17.7 Å². The summed E-state index contributed by atoms with van der Waals surface area (Å²) in [5.74, 6) is 0.505. The van der Waals surface area contributed by atoms with Gasteiger partial charge in [0.1, 0.15) is 22.1 Å². The predicted molar refractivity (Wildman–Crippen MR) is 154 cm³/mol. The first kappa shape index (κ1) is 30.3. The van der Waals surface area contributed by atoms with Crippen molar-refractivity contribution in [3.63, 3.8) is 0 Å². The molecule has 10 nitrogen and oxygen atoms in total. The number of benzene rings is 3. The van der Waals surface area contributed by atoms with Gasteiger partial charge in [0, 0.05) is 35.8 Å². The van der Waals surface area contributed by atoms with Gasteiger partial charge in [-0.2, -0.15) is 0 Å². The van der Waals surface area contributed by atoms with Crippen LogP contribution in [0.25, 0.3) is 0 Å². The van der Waals surface area contributed by atoms with E-state index in [0.29, 0.717) is 41.7 Å². The number of carbonyl (C=O) groups is 2. The van der Waals surface area contributed by atoms with Crippen LogP contribution >= 0.6 is 0 Å². The number of carbonyl (C=O) groups excluding carboxylic acids is 2. The number of anilines is 2. The fourth-order valence-electron chi connectivity index (χ4n) is 3.82. The number of aryl methyl sites for hydroxylation is 1.